The molecule has 8 heteroatoms. The van der Waals surface area contributed by atoms with E-state index in [4.69, 9.17) is 23.2 Å². The molecule has 0 atom stereocenters. The molecule has 2 rings (SSSR count). The van der Waals surface area contributed by atoms with E-state index in [1.54, 1.807) is 4.90 Å². The molecule has 0 aromatic carbocycles. The highest BCUT2D eigenvalue weighted by atomic mass is 32.1. The van der Waals surface area contributed by atoms with Gasteiger partial charge in [-0.3, -0.25) is 5.10 Å². The van der Waals surface area contributed by atoms with Crippen LogP contribution in [0.25, 0.3) is 0 Å². The minimum absolute atomic E-state index is 0.0551. The minimum atomic E-state index is -1.04. The molecule has 16 heavy (non-hydrogen) atoms. The molecule has 86 valence electrons. The van der Waals surface area contributed by atoms with Gasteiger partial charge in [-0.15, -0.1) is 0 Å². The van der Waals surface area contributed by atoms with Crippen LogP contribution in [0.1, 0.15) is 21.7 Å². The van der Waals surface area contributed by atoms with Crippen LogP contribution in [0.5, 0.6) is 0 Å². The summed E-state index contributed by atoms with van der Waals surface area (Å²) in [6.07, 6.45) is 0.678. The number of rotatable bonds is 1. The molecule has 7 nitrogen and oxygen atoms in total. The Labute approximate surface area is 96.6 Å². The fourth-order valence-electron chi connectivity index (χ4n) is 1.74. The van der Waals surface area contributed by atoms with E-state index in [1.807, 2.05) is 0 Å². The SMILES string of the molecule is NNC(=S)N1CCc2[nH]nc(C(=O)O)c2C1. The van der Waals surface area contributed by atoms with Gasteiger partial charge in [-0.1, -0.05) is 0 Å². The number of fused-ring (bicyclic) bond motifs is 1. The van der Waals surface area contributed by atoms with Gasteiger partial charge in [0.05, 0.1) is 0 Å². The van der Waals surface area contributed by atoms with Gasteiger partial charge in [-0.05, 0) is 12.2 Å². The first-order valence-electron chi connectivity index (χ1n) is 4.68. The predicted molar refractivity (Wildman–Crippen MR) is 59.6 cm³/mol. The molecule has 1 aliphatic rings. The van der Waals surface area contributed by atoms with E-state index in [-0.39, 0.29) is 5.69 Å². The number of hydrogen-bond acceptors (Lipinski definition) is 4. The number of nitrogens with two attached hydrogens (primary N) is 1. The van der Waals surface area contributed by atoms with E-state index in [1.165, 1.54) is 0 Å². The van der Waals surface area contributed by atoms with Crippen molar-refractivity contribution < 1.29 is 9.90 Å². The lowest BCUT2D eigenvalue weighted by molar-refractivity contribution is 0.0688. The van der Waals surface area contributed by atoms with E-state index in [9.17, 15) is 4.79 Å². The minimum Gasteiger partial charge on any atom is -0.476 e. The van der Waals surface area contributed by atoms with E-state index in [2.05, 4.69) is 15.6 Å². The lowest BCUT2D eigenvalue weighted by Gasteiger charge is -2.28. The molecule has 1 aromatic rings. The number of aromatic carboxylic acids is 1. The van der Waals surface area contributed by atoms with Crippen molar-refractivity contribution in [2.45, 2.75) is 13.0 Å². The third-order valence-corrected chi connectivity index (χ3v) is 2.92. The fourth-order valence-corrected chi connectivity index (χ4v) is 1.89. The lowest BCUT2D eigenvalue weighted by Crippen LogP contribution is -2.45. The summed E-state index contributed by atoms with van der Waals surface area (Å²) in [5, 5.41) is 15.8. The zero-order valence-electron chi connectivity index (χ0n) is 8.36. The van der Waals surface area contributed by atoms with Gasteiger partial charge in [-0.2, -0.15) is 5.10 Å². The van der Waals surface area contributed by atoms with E-state index < -0.39 is 5.97 Å². The Morgan fingerprint density at radius 3 is 3.06 bits per heavy atom. The van der Waals surface area contributed by atoms with Gasteiger partial charge in [0.2, 0.25) is 0 Å². The topological polar surface area (TPSA) is 107 Å². The maximum Gasteiger partial charge on any atom is 0.356 e. The fraction of sp³-hybridized carbons (Fsp3) is 0.375. The Hall–Kier alpha value is -1.67. The van der Waals surface area contributed by atoms with Crippen molar-refractivity contribution in [3.05, 3.63) is 17.0 Å². The molecular weight excluding hydrogens is 230 g/mol. The molecule has 0 saturated heterocycles. The molecule has 0 bridgehead atoms. The summed E-state index contributed by atoms with van der Waals surface area (Å²) < 4.78 is 0. The number of carboxylic acid groups (broad SMARTS) is 1. The Balaban J connectivity index is 2.27. The molecule has 2 heterocycles. The quantitative estimate of drug-likeness (QED) is 0.290. The van der Waals surface area contributed by atoms with Crippen molar-refractivity contribution in [1.82, 2.24) is 20.5 Å². The number of thiocarbonyl (C=S) groups is 1. The number of carboxylic acids is 1. The second kappa shape index (κ2) is 4.06. The number of aromatic nitrogens is 2. The van der Waals surface area contributed by atoms with Crippen LogP contribution in [0, 0.1) is 0 Å². The molecule has 1 aliphatic heterocycles. The summed E-state index contributed by atoms with van der Waals surface area (Å²) in [5.74, 6) is 4.19. The summed E-state index contributed by atoms with van der Waals surface area (Å²) >= 11 is 5.00. The number of H-pyrrole nitrogens is 1. The Bertz CT molecular complexity index is 444. The number of hydrazine groups is 1. The van der Waals surface area contributed by atoms with Gasteiger partial charge in [0.15, 0.2) is 10.8 Å². The monoisotopic (exact) mass is 241 g/mol. The highest BCUT2D eigenvalue weighted by Crippen LogP contribution is 2.20. The van der Waals surface area contributed by atoms with Crippen LogP contribution in [-0.2, 0) is 13.0 Å². The first-order chi connectivity index (χ1) is 7.63. The van der Waals surface area contributed by atoms with Crippen LogP contribution in [0.4, 0.5) is 0 Å². The van der Waals surface area contributed by atoms with Gasteiger partial charge < -0.3 is 15.4 Å². The number of carbonyl (C=O) groups is 1. The van der Waals surface area contributed by atoms with E-state index in [0.717, 1.165) is 5.69 Å². The summed E-state index contributed by atoms with van der Waals surface area (Å²) in [6.45, 7) is 1.10. The summed E-state index contributed by atoms with van der Waals surface area (Å²) in [4.78, 5) is 12.7. The number of aromatic amines is 1. The standard InChI is InChI=1S/C8H11N5O2S/c9-10-8(16)13-2-1-5-4(3-13)6(7(14)15)12-11-5/h1-3,9H2,(H,10,16)(H,11,12)(H,14,15). The average Bonchev–Trinajstić information content (AvgIpc) is 2.70. The van der Waals surface area contributed by atoms with Gasteiger partial charge in [0.25, 0.3) is 0 Å². The summed E-state index contributed by atoms with van der Waals surface area (Å²) in [5.41, 5.74) is 3.97. The molecule has 0 spiro atoms. The van der Waals surface area contributed by atoms with Crippen LogP contribution in [-0.4, -0.2) is 37.8 Å². The molecule has 1 aromatic heterocycles. The maximum atomic E-state index is 10.9. The van der Waals surface area contributed by atoms with E-state index >= 15 is 0 Å². The Morgan fingerprint density at radius 1 is 1.69 bits per heavy atom. The molecule has 0 amide bonds. The molecule has 0 aliphatic carbocycles. The zero-order valence-corrected chi connectivity index (χ0v) is 9.17. The highest BCUT2D eigenvalue weighted by molar-refractivity contribution is 7.80. The molecule has 0 fully saturated rings. The van der Waals surface area contributed by atoms with Crippen LogP contribution in [0.3, 0.4) is 0 Å². The van der Waals surface area contributed by atoms with Gasteiger partial charge in [-0.25, -0.2) is 10.6 Å². The largest absolute Gasteiger partial charge is 0.476 e. The van der Waals surface area contributed by atoms with Crippen molar-refractivity contribution in [2.24, 2.45) is 5.84 Å². The Kier molecular flexibility index (Phi) is 2.75. The lowest BCUT2D eigenvalue weighted by atomic mass is 10.1. The first kappa shape index (κ1) is 10.8. The van der Waals surface area contributed by atoms with Crippen molar-refractivity contribution in [3.63, 3.8) is 0 Å². The zero-order chi connectivity index (χ0) is 11.7. The van der Waals surface area contributed by atoms with Crippen molar-refractivity contribution in [3.8, 4) is 0 Å². The van der Waals surface area contributed by atoms with Crippen molar-refractivity contribution >= 4 is 23.3 Å². The predicted octanol–water partition coefficient (Wildman–Crippen LogP) is -0.786. The third-order valence-electron chi connectivity index (χ3n) is 2.55. The number of nitrogens with zero attached hydrogens (tertiary/aromatic N) is 2. The maximum absolute atomic E-state index is 10.9. The number of nitrogens with one attached hydrogen (secondary N) is 2. The molecule has 5 N–H and O–H groups in total. The molecule has 0 saturated carbocycles. The van der Waals surface area contributed by atoms with Crippen LogP contribution in [0.15, 0.2) is 0 Å². The number of hydrogen-bond donors (Lipinski definition) is 4. The van der Waals surface area contributed by atoms with Gasteiger partial charge in [0, 0.05) is 30.8 Å². The highest BCUT2D eigenvalue weighted by Gasteiger charge is 2.25. The second-order valence-electron chi connectivity index (χ2n) is 3.46. The third kappa shape index (κ3) is 1.72. The summed E-state index contributed by atoms with van der Waals surface area (Å²) in [6, 6.07) is 0. The van der Waals surface area contributed by atoms with Crippen LogP contribution < -0.4 is 11.3 Å². The van der Waals surface area contributed by atoms with Crippen molar-refractivity contribution in [2.75, 3.05) is 6.54 Å². The van der Waals surface area contributed by atoms with Gasteiger partial charge >= 0.3 is 5.97 Å². The smallest absolute Gasteiger partial charge is 0.356 e. The summed E-state index contributed by atoms with van der Waals surface area (Å²) in [7, 11) is 0. The normalized spacial score (nSPS) is 14.4. The van der Waals surface area contributed by atoms with Crippen molar-refractivity contribution in [1.29, 1.82) is 0 Å². The molecule has 0 radical (unpaired) electrons. The molecule has 0 unspecified atom stereocenters. The molecular formula is C8H11N5O2S. The van der Waals surface area contributed by atoms with Crippen LogP contribution >= 0.6 is 12.2 Å². The van der Waals surface area contributed by atoms with Gasteiger partial charge in [0.1, 0.15) is 0 Å². The first-order valence-corrected chi connectivity index (χ1v) is 5.09. The average molecular weight is 241 g/mol. The van der Waals surface area contributed by atoms with E-state index in [0.29, 0.717) is 30.2 Å². The second-order valence-corrected chi connectivity index (χ2v) is 3.84. The Morgan fingerprint density at radius 2 is 2.44 bits per heavy atom. The van der Waals surface area contributed by atoms with Crippen LogP contribution in [0.2, 0.25) is 0 Å².